The number of benzene rings is 2. The van der Waals surface area contributed by atoms with Crippen LogP contribution in [0.5, 0.6) is 0 Å². The molecule has 0 aliphatic carbocycles. The van der Waals surface area contributed by atoms with Gasteiger partial charge in [-0.05, 0) is 36.8 Å². The van der Waals surface area contributed by atoms with Crippen LogP contribution in [0, 0.1) is 6.92 Å². The topological polar surface area (TPSA) is 17.1 Å². The maximum atomic E-state index is 12.2. The zero-order valence-electron chi connectivity index (χ0n) is 9.91. The van der Waals surface area contributed by atoms with E-state index < -0.39 is 0 Å². The summed E-state index contributed by atoms with van der Waals surface area (Å²) in [5.41, 5.74) is 2.87. The zero-order chi connectivity index (χ0) is 13.1. The Morgan fingerprint density at radius 2 is 1.72 bits per heavy atom. The van der Waals surface area contributed by atoms with Crippen molar-refractivity contribution in [2.45, 2.75) is 13.3 Å². The smallest absolute Gasteiger partial charge is 0.168 e. The Hall–Kier alpha value is -0.930. The van der Waals surface area contributed by atoms with Gasteiger partial charge in [-0.3, -0.25) is 4.79 Å². The van der Waals surface area contributed by atoms with Crippen molar-refractivity contribution in [3.8, 4) is 0 Å². The van der Waals surface area contributed by atoms with E-state index in [4.69, 9.17) is 0 Å². The number of aryl methyl sites for hydroxylation is 1. The number of hydrogen-bond acceptors (Lipinski definition) is 1. The Morgan fingerprint density at radius 1 is 1.06 bits per heavy atom. The molecule has 0 N–H and O–H groups in total. The molecule has 2 aromatic rings. The molecule has 0 atom stereocenters. The minimum absolute atomic E-state index is 0.132. The molecule has 0 aromatic heterocycles. The highest BCUT2D eigenvalue weighted by Crippen LogP contribution is 2.20. The SMILES string of the molecule is Cc1ccc(Br)c(C(=O)Cc2ccc(Br)cc2)c1. The third-order valence-electron chi connectivity index (χ3n) is 2.70. The zero-order valence-corrected chi connectivity index (χ0v) is 13.1. The molecule has 0 radical (unpaired) electrons. The molecule has 0 spiro atoms. The van der Waals surface area contributed by atoms with Crippen molar-refractivity contribution >= 4 is 37.6 Å². The maximum Gasteiger partial charge on any atom is 0.168 e. The Morgan fingerprint density at radius 3 is 2.39 bits per heavy atom. The van der Waals surface area contributed by atoms with Gasteiger partial charge in [-0.15, -0.1) is 0 Å². The van der Waals surface area contributed by atoms with Crippen LogP contribution in [0.25, 0.3) is 0 Å². The number of carbonyl (C=O) groups excluding carboxylic acids is 1. The molecule has 1 nitrogen and oxygen atoms in total. The van der Waals surface area contributed by atoms with E-state index in [1.165, 1.54) is 0 Å². The van der Waals surface area contributed by atoms with Crippen LogP contribution in [0.3, 0.4) is 0 Å². The van der Waals surface area contributed by atoms with Crippen molar-refractivity contribution in [2.24, 2.45) is 0 Å². The lowest BCUT2D eigenvalue weighted by Gasteiger charge is -2.05. The molecule has 0 bridgehead atoms. The number of rotatable bonds is 3. The second-order valence-corrected chi connectivity index (χ2v) is 5.98. The monoisotopic (exact) mass is 366 g/mol. The quantitative estimate of drug-likeness (QED) is 0.701. The first-order valence-corrected chi connectivity index (χ1v) is 7.18. The molecule has 92 valence electrons. The molecule has 0 heterocycles. The van der Waals surface area contributed by atoms with Crippen LogP contribution < -0.4 is 0 Å². The Balaban J connectivity index is 2.21. The van der Waals surface area contributed by atoms with Gasteiger partial charge in [-0.2, -0.15) is 0 Å². The van der Waals surface area contributed by atoms with Crippen LogP contribution in [-0.4, -0.2) is 5.78 Å². The van der Waals surface area contributed by atoms with E-state index in [9.17, 15) is 4.79 Å². The minimum Gasteiger partial charge on any atom is -0.294 e. The van der Waals surface area contributed by atoms with Gasteiger partial charge in [0.1, 0.15) is 0 Å². The lowest BCUT2D eigenvalue weighted by Crippen LogP contribution is -2.04. The van der Waals surface area contributed by atoms with E-state index in [0.29, 0.717) is 6.42 Å². The van der Waals surface area contributed by atoms with Crippen LogP contribution in [-0.2, 0) is 6.42 Å². The predicted molar refractivity (Wildman–Crippen MR) is 81.1 cm³/mol. The van der Waals surface area contributed by atoms with E-state index in [-0.39, 0.29) is 5.78 Å². The molecule has 0 amide bonds. The van der Waals surface area contributed by atoms with Crippen LogP contribution in [0.1, 0.15) is 21.5 Å². The first-order valence-electron chi connectivity index (χ1n) is 5.60. The summed E-state index contributed by atoms with van der Waals surface area (Å²) in [6.45, 7) is 1.99. The van der Waals surface area contributed by atoms with Gasteiger partial charge in [0.2, 0.25) is 0 Å². The van der Waals surface area contributed by atoms with Crippen molar-refractivity contribution in [3.63, 3.8) is 0 Å². The molecule has 2 aromatic carbocycles. The van der Waals surface area contributed by atoms with Crippen molar-refractivity contribution in [1.82, 2.24) is 0 Å². The summed E-state index contributed by atoms with van der Waals surface area (Å²) in [5, 5.41) is 0. The molecule has 0 saturated heterocycles. The van der Waals surface area contributed by atoms with E-state index in [2.05, 4.69) is 31.9 Å². The molecule has 0 unspecified atom stereocenters. The summed E-state index contributed by atoms with van der Waals surface area (Å²) in [5.74, 6) is 0.132. The first-order chi connectivity index (χ1) is 8.56. The van der Waals surface area contributed by atoms with E-state index >= 15 is 0 Å². The summed E-state index contributed by atoms with van der Waals surface area (Å²) < 4.78 is 1.88. The summed E-state index contributed by atoms with van der Waals surface area (Å²) >= 11 is 6.81. The van der Waals surface area contributed by atoms with Crippen LogP contribution in [0.4, 0.5) is 0 Å². The summed E-state index contributed by atoms with van der Waals surface area (Å²) in [4.78, 5) is 12.2. The fraction of sp³-hybridized carbons (Fsp3) is 0.133. The molecule has 0 saturated carbocycles. The molecule has 18 heavy (non-hydrogen) atoms. The van der Waals surface area contributed by atoms with Crippen molar-refractivity contribution in [3.05, 3.63) is 68.1 Å². The van der Waals surface area contributed by atoms with Crippen molar-refractivity contribution in [2.75, 3.05) is 0 Å². The molecule has 0 fully saturated rings. The third kappa shape index (κ3) is 3.30. The van der Waals surface area contributed by atoms with Gasteiger partial charge < -0.3 is 0 Å². The second-order valence-electron chi connectivity index (χ2n) is 4.21. The van der Waals surface area contributed by atoms with E-state index in [1.807, 2.05) is 49.4 Å². The molecule has 3 heteroatoms. The standard InChI is InChI=1S/C15H12Br2O/c1-10-2-7-14(17)13(8-10)15(18)9-11-3-5-12(16)6-4-11/h2-8H,9H2,1H3. The lowest BCUT2D eigenvalue weighted by atomic mass is 10.0. The Bertz CT molecular complexity index is 574. The highest BCUT2D eigenvalue weighted by atomic mass is 79.9. The maximum absolute atomic E-state index is 12.2. The van der Waals surface area contributed by atoms with Gasteiger partial charge in [0.15, 0.2) is 5.78 Å². The van der Waals surface area contributed by atoms with Crippen LogP contribution >= 0.6 is 31.9 Å². The number of ketones is 1. The van der Waals surface area contributed by atoms with Crippen molar-refractivity contribution in [1.29, 1.82) is 0 Å². The van der Waals surface area contributed by atoms with Gasteiger partial charge >= 0.3 is 0 Å². The minimum atomic E-state index is 0.132. The Kier molecular flexibility index (Phi) is 4.36. The van der Waals surface area contributed by atoms with Gasteiger partial charge in [-0.1, -0.05) is 55.6 Å². The number of carbonyl (C=O) groups is 1. The molecule has 2 rings (SSSR count). The predicted octanol–water partition coefficient (Wildman–Crippen LogP) is 4.95. The molecular formula is C15H12Br2O. The molecule has 0 aliphatic rings. The number of Topliss-reactive ketones (excluding diaryl/α,β-unsaturated/α-hetero) is 1. The average Bonchev–Trinajstić information content (AvgIpc) is 2.35. The van der Waals surface area contributed by atoms with Gasteiger partial charge in [0, 0.05) is 20.9 Å². The number of halogens is 2. The average molecular weight is 368 g/mol. The third-order valence-corrected chi connectivity index (χ3v) is 3.92. The molecular weight excluding hydrogens is 356 g/mol. The van der Waals surface area contributed by atoms with Gasteiger partial charge in [0.25, 0.3) is 0 Å². The van der Waals surface area contributed by atoms with Gasteiger partial charge in [-0.25, -0.2) is 0 Å². The first kappa shape index (κ1) is 13.5. The highest BCUT2D eigenvalue weighted by molar-refractivity contribution is 9.10. The fourth-order valence-corrected chi connectivity index (χ4v) is 2.47. The highest BCUT2D eigenvalue weighted by Gasteiger charge is 2.11. The normalized spacial score (nSPS) is 10.4. The summed E-state index contributed by atoms with van der Waals surface area (Å²) in [7, 11) is 0. The Labute approximate surface area is 123 Å². The summed E-state index contributed by atoms with van der Waals surface area (Å²) in [6.07, 6.45) is 0.426. The van der Waals surface area contributed by atoms with E-state index in [0.717, 1.165) is 25.6 Å². The molecule has 0 aliphatic heterocycles. The summed E-state index contributed by atoms with van der Waals surface area (Å²) in [6, 6.07) is 13.7. The van der Waals surface area contributed by atoms with Gasteiger partial charge in [0.05, 0.1) is 0 Å². The van der Waals surface area contributed by atoms with Crippen LogP contribution in [0.15, 0.2) is 51.4 Å². The lowest BCUT2D eigenvalue weighted by molar-refractivity contribution is 0.0992. The largest absolute Gasteiger partial charge is 0.294 e. The van der Waals surface area contributed by atoms with Crippen molar-refractivity contribution < 1.29 is 4.79 Å². The second kappa shape index (κ2) is 5.81. The van der Waals surface area contributed by atoms with E-state index in [1.54, 1.807) is 0 Å². The fourth-order valence-electron chi connectivity index (χ4n) is 1.74. The number of hydrogen-bond donors (Lipinski definition) is 0. The van der Waals surface area contributed by atoms with Crippen LogP contribution in [0.2, 0.25) is 0 Å².